The van der Waals surface area contributed by atoms with Gasteiger partial charge in [0, 0.05) is 5.56 Å². The normalized spacial score (nSPS) is 12.3. The molecule has 0 aliphatic carbocycles. The van der Waals surface area contributed by atoms with Crippen molar-refractivity contribution in [2.24, 2.45) is 0 Å². The van der Waals surface area contributed by atoms with Gasteiger partial charge in [0.25, 0.3) is 0 Å². The lowest BCUT2D eigenvalue weighted by molar-refractivity contribution is 0.0750. The third-order valence-corrected chi connectivity index (χ3v) is 2.88. The SMILES string of the molecule is Cc1cccc(C(=O)OCl)c1C[S+](C)[O-]. The van der Waals surface area contributed by atoms with Crippen molar-refractivity contribution in [2.45, 2.75) is 12.7 Å². The van der Waals surface area contributed by atoms with E-state index in [1.54, 1.807) is 18.4 Å². The van der Waals surface area contributed by atoms with E-state index in [0.717, 1.165) is 11.1 Å². The lowest BCUT2D eigenvalue weighted by Gasteiger charge is -2.11. The van der Waals surface area contributed by atoms with Crippen LogP contribution in [0.3, 0.4) is 0 Å². The second-order valence-electron chi connectivity index (χ2n) is 3.18. The van der Waals surface area contributed by atoms with Crippen molar-refractivity contribution in [3.8, 4) is 0 Å². The van der Waals surface area contributed by atoms with E-state index in [0.29, 0.717) is 11.3 Å². The summed E-state index contributed by atoms with van der Waals surface area (Å²) in [7, 11) is 0. The summed E-state index contributed by atoms with van der Waals surface area (Å²) in [4.78, 5) is 11.3. The van der Waals surface area contributed by atoms with Crippen LogP contribution < -0.4 is 0 Å². The highest BCUT2D eigenvalue weighted by Gasteiger charge is 2.17. The van der Waals surface area contributed by atoms with Crippen molar-refractivity contribution in [1.29, 1.82) is 0 Å². The first-order valence-corrected chi connectivity index (χ1v) is 6.31. The molecule has 0 aromatic heterocycles. The van der Waals surface area contributed by atoms with Gasteiger partial charge in [0.15, 0.2) is 0 Å². The van der Waals surface area contributed by atoms with Crippen LogP contribution in [0, 0.1) is 6.92 Å². The Hall–Kier alpha value is -0.710. The fourth-order valence-electron chi connectivity index (χ4n) is 1.33. The fraction of sp³-hybridized carbons (Fsp3) is 0.300. The van der Waals surface area contributed by atoms with Crippen LogP contribution in [0.4, 0.5) is 0 Å². The molecule has 0 N–H and O–H groups in total. The molecule has 0 radical (unpaired) electrons. The average molecular weight is 247 g/mol. The average Bonchev–Trinajstić information content (AvgIpc) is 2.19. The summed E-state index contributed by atoms with van der Waals surface area (Å²) in [5.74, 6) is -0.283. The minimum absolute atomic E-state index is 0.327. The first-order valence-electron chi connectivity index (χ1n) is 4.27. The third-order valence-electron chi connectivity index (χ3n) is 2.05. The molecule has 1 atom stereocenters. The van der Waals surface area contributed by atoms with Crippen LogP contribution in [0.2, 0.25) is 0 Å². The van der Waals surface area contributed by atoms with Gasteiger partial charge in [-0.3, -0.25) is 0 Å². The van der Waals surface area contributed by atoms with E-state index >= 15 is 0 Å². The van der Waals surface area contributed by atoms with Gasteiger partial charge in [-0.2, -0.15) is 0 Å². The highest BCUT2D eigenvalue weighted by Crippen LogP contribution is 2.18. The maximum atomic E-state index is 11.3. The monoisotopic (exact) mass is 246 g/mol. The van der Waals surface area contributed by atoms with Crippen LogP contribution in [0.15, 0.2) is 18.2 Å². The molecule has 0 bridgehead atoms. The summed E-state index contributed by atoms with van der Waals surface area (Å²) in [6.45, 7) is 1.85. The second kappa shape index (κ2) is 5.39. The van der Waals surface area contributed by atoms with Gasteiger partial charge in [0.1, 0.15) is 17.6 Å². The molecule has 0 saturated heterocycles. The van der Waals surface area contributed by atoms with Gasteiger partial charge in [0.2, 0.25) is 0 Å². The topological polar surface area (TPSA) is 49.4 Å². The third kappa shape index (κ3) is 3.12. The minimum Gasteiger partial charge on any atom is -0.616 e. The largest absolute Gasteiger partial charge is 0.616 e. The Balaban J connectivity index is 3.14. The lowest BCUT2D eigenvalue weighted by Crippen LogP contribution is -2.10. The Labute approximate surface area is 96.7 Å². The highest BCUT2D eigenvalue weighted by atomic mass is 35.5. The van der Waals surface area contributed by atoms with E-state index in [2.05, 4.69) is 4.29 Å². The number of carbonyl (C=O) groups excluding carboxylic acids is 1. The standard InChI is InChI=1S/C10H11ClO3S/c1-7-4-3-5-8(10(12)14-11)9(7)6-15(2)13/h3-5H,6H2,1-2H3. The first kappa shape index (κ1) is 12.4. The van der Waals surface area contributed by atoms with Crippen molar-refractivity contribution in [3.63, 3.8) is 0 Å². The lowest BCUT2D eigenvalue weighted by atomic mass is 10.0. The molecule has 82 valence electrons. The van der Waals surface area contributed by atoms with Gasteiger partial charge in [-0.25, -0.2) is 4.79 Å². The van der Waals surface area contributed by atoms with Crippen molar-refractivity contribution >= 4 is 29.0 Å². The van der Waals surface area contributed by atoms with E-state index in [1.807, 2.05) is 13.0 Å². The summed E-state index contributed by atoms with van der Waals surface area (Å²) in [5, 5.41) is 0. The van der Waals surface area contributed by atoms with E-state index in [4.69, 9.17) is 11.9 Å². The molecule has 0 saturated carbocycles. The van der Waals surface area contributed by atoms with Crippen LogP contribution in [0.5, 0.6) is 0 Å². The maximum Gasteiger partial charge on any atom is 0.356 e. The molecule has 1 aromatic rings. The Morgan fingerprint density at radius 1 is 1.60 bits per heavy atom. The molecule has 1 rings (SSSR count). The number of rotatable bonds is 3. The molecule has 0 aliphatic heterocycles. The van der Waals surface area contributed by atoms with Gasteiger partial charge in [-0.15, -0.1) is 0 Å². The van der Waals surface area contributed by atoms with Gasteiger partial charge in [-0.1, -0.05) is 23.3 Å². The molecule has 0 amide bonds. The van der Waals surface area contributed by atoms with E-state index in [9.17, 15) is 9.35 Å². The molecule has 1 unspecified atom stereocenters. The quantitative estimate of drug-likeness (QED) is 0.768. The molecule has 1 aromatic carbocycles. The van der Waals surface area contributed by atoms with E-state index in [1.165, 1.54) is 0 Å². The fourth-order valence-corrected chi connectivity index (χ4v) is 2.20. The maximum absolute atomic E-state index is 11.3. The molecule has 0 aliphatic rings. The smallest absolute Gasteiger partial charge is 0.356 e. The van der Waals surface area contributed by atoms with Crippen LogP contribution in [0.1, 0.15) is 21.5 Å². The highest BCUT2D eigenvalue weighted by molar-refractivity contribution is 7.89. The molecule has 3 nitrogen and oxygen atoms in total. The molecule has 15 heavy (non-hydrogen) atoms. The Morgan fingerprint density at radius 3 is 2.80 bits per heavy atom. The number of hydrogen-bond donors (Lipinski definition) is 0. The van der Waals surface area contributed by atoms with Crippen molar-refractivity contribution in [1.82, 2.24) is 0 Å². The molecule has 5 heteroatoms. The van der Waals surface area contributed by atoms with Crippen LogP contribution in [0.25, 0.3) is 0 Å². The molecule has 0 spiro atoms. The minimum atomic E-state index is -1.01. The van der Waals surface area contributed by atoms with Gasteiger partial charge >= 0.3 is 5.97 Å². The summed E-state index contributed by atoms with van der Waals surface area (Å²) >= 11 is 4.02. The predicted octanol–water partition coefficient (Wildman–Crippen LogP) is 2.18. The summed E-state index contributed by atoms with van der Waals surface area (Å²) in [5.41, 5.74) is 2.01. The number of aryl methyl sites for hydroxylation is 1. The zero-order valence-electron chi connectivity index (χ0n) is 8.45. The summed E-state index contributed by atoms with van der Waals surface area (Å²) in [6.07, 6.45) is 1.59. The Kier molecular flexibility index (Phi) is 4.45. The predicted molar refractivity (Wildman–Crippen MR) is 60.2 cm³/mol. The second-order valence-corrected chi connectivity index (χ2v) is 4.77. The Bertz CT molecular complexity index is 366. The molecular weight excluding hydrogens is 236 g/mol. The molecular formula is C10H11ClO3S. The zero-order valence-corrected chi connectivity index (χ0v) is 10.0. The van der Waals surface area contributed by atoms with Crippen molar-refractivity contribution in [3.05, 3.63) is 34.9 Å². The van der Waals surface area contributed by atoms with Gasteiger partial charge in [0.05, 0.1) is 11.8 Å². The molecule has 0 fully saturated rings. The van der Waals surface area contributed by atoms with Crippen LogP contribution in [-0.2, 0) is 21.2 Å². The van der Waals surface area contributed by atoms with Crippen LogP contribution in [-0.4, -0.2) is 16.8 Å². The van der Waals surface area contributed by atoms with Gasteiger partial charge in [-0.05, 0) is 18.6 Å². The van der Waals surface area contributed by atoms with Gasteiger partial charge < -0.3 is 8.84 Å². The Morgan fingerprint density at radius 2 is 2.27 bits per heavy atom. The first-order chi connectivity index (χ1) is 7.06. The van der Waals surface area contributed by atoms with Crippen LogP contribution >= 0.6 is 11.9 Å². The molecule has 0 heterocycles. The van der Waals surface area contributed by atoms with E-state index < -0.39 is 17.1 Å². The number of carbonyl (C=O) groups is 1. The number of hydrogen-bond acceptors (Lipinski definition) is 3. The summed E-state index contributed by atoms with van der Waals surface area (Å²) in [6, 6.07) is 5.20. The van der Waals surface area contributed by atoms with E-state index in [-0.39, 0.29) is 0 Å². The van der Waals surface area contributed by atoms with Crippen molar-refractivity contribution in [2.75, 3.05) is 6.26 Å². The number of benzene rings is 1. The zero-order chi connectivity index (χ0) is 11.4. The van der Waals surface area contributed by atoms with Crippen molar-refractivity contribution < 1.29 is 13.6 Å². The summed E-state index contributed by atoms with van der Waals surface area (Å²) < 4.78 is 15.3. The number of halogens is 1.